The predicted molar refractivity (Wildman–Crippen MR) is 102 cm³/mol. The molecule has 2 amide bonds. The van der Waals surface area contributed by atoms with Gasteiger partial charge in [-0.3, -0.25) is 9.59 Å². The van der Waals surface area contributed by atoms with E-state index in [0.717, 1.165) is 0 Å². The number of fused-ring (bicyclic) bond motifs is 1. The number of rotatable bonds is 3. The summed E-state index contributed by atoms with van der Waals surface area (Å²) in [6, 6.07) is 15.0. The fourth-order valence-electron chi connectivity index (χ4n) is 3.16. The number of halogens is 1. The van der Waals surface area contributed by atoms with Crippen LogP contribution in [0.2, 0.25) is 5.02 Å². The molecule has 2 heterocycles. The van der Waals surface area contributed by atoms with Gasteiger partial charge in [0.15, 0.2) is 0 Å². The SMILES string of the molecule is O=C(NC1CC(=O)N(c2ccc(Cl)cc2)C1)c1cc2ccccc2oc1=O. The van der Waals surface area contributed by atoms with E-state index in [1.807, 2.05) is 0 Å². The molecule has 27 heavy (non-hydrogen) atoms. The van der Waals surface area contributed by atoms with Gasteiger partial charge in [0.25, 0.3) is 5.91 Å². The number of para-hydroxylation sites is 1. The van der Waals surface area contributed by atoms with Gasteiger partial charge in [-0.25, -0.2) is 4.79 Å². The van der Waals surface area contributed by atoms with E-state index in [4.69, 9.17) is 16.0 Å². The van der Waals surface area contributed by atoms with E-state index in [-0.39, 0.29) is 17.9 Å². The van der Waals surface area contributed by atoms with Crippen LogP contribution in [0.25, 0.3) is 11.0 Å². The molecule has 0 bridgehead atoms. The van der Waals surface area contributed by atoms with E-state index in [1.54, 1.807) is 53.4 Å². The molecule has 1 aromatic heterocycles. The van der Waals surface area contributed by atoms with Gasteiger partial charge in [-0.05, 0) is 36.4 Å². The van der Waals surface area contributed by atoms with E-state index in [0.29, 0.717) is 28.2 Å². The molecular weight excluding hydrogens is 368 g/mol. The molecule has 1 N–H and O–H groups in total. The van der Waals surface area contributed by atoms with Crippen molar-refractivity contribution < 1.29 is 14.0 Å². The van der Waals surface area contributed by atoms with Crippen LogP contribution < -0.4 is 15.8 Å². The zero-order valence-corrected chi connectivity index (χ0v) is 14.9. The Bertz CT molecular complexity index is 1090. The average Bonchev–Trinajstić information content (AvgIpc) is 3.01. The fourth-order valence-corrected chi connectivity index (χ4v) is 3.28. The molecule has 0 spiro atoms. The summed E-state index contributed by atoms with van der Waals surface area (Å²) in [4.78, 5) is 38.5. The minimum absolute atomic E-state index is 0.0777. The lowest BCUT2D eigenvalue weighted by Crippen LogP contribution is -2.39. The van der Waals surface area contributed by atoms with Crippen molar-refractivity contribution in [2.45, 2.75) is 12.5 Å². The zero-order valence-electron chi connectivity index (χ0n) is 14.1. The zero-order chi connectivity index (χ0) is 19.0. The van der Waals surface area contributed by atoms with Crippen molar-refractivity contribution in [2.24, 2.45) is 0 Å². The van der Waals surface area contributed by atoms with E-state index in [9.17, 15) is 14.4 Å². The van der Waals surface area contributed by atoms with Crippen molar-refractivity contribution in [3.05, 3.63) is 75.6 Å². The van der Waals surface area contributed by atoms with E-state index >= 15 is 0 Å². The molecule has 136 valence electrons. The van der Waals surface area contributed by atoms with Gasteiger partial charge in [-0.2, -0.15) is 0 Å². The topological polar surface area (TPSA) is 79.6 Å². The lowest BCUT2D eigenvalue weighted by molar-refractivity contribution is -0.117. The molecule has 1 unspecified atom stereocenters. The molecule has 1 aliphatic heterocycles. The third-order valence-electron chi connectivity index (χ3n) is 4.48. The van der Waals surface area contributed by atoms with Gasteiger partial charge in [-0.1, -0.05) is 29.8 Å². The summed E-state index contributed by atoms with van der Waals surface area (Å²) in [5.74, 6) is -0.654. The maximum absolute atomic E-state index is 12.5. The van der Waals surface area contributed by atoms with Gasteiger partial charge in [0, 0.05) is 29.1 Å². The highest BCUT2D eigenvalue weighted by molar-refractivity contribution is 6.30. The Morgan fingerprint density at radius 2 is 1.85 bits per heavy atom. The van der Waals surface area contributed by atoms with Crippen molar-refractivity contribution in [2.75, 3.05) is 11.4 Å². The third-order valence-corrected chi connectivity index (χ3v) is 4.74. The molecule has 1 saturated heterocycles. The van der Waals surface area contributed by atoms with Crippen LogP contribution in [0.4, 0.5) is 5.69 Å². The standard InChI is InChI=1S/C20H15ClN2O4/c21-13-5-7-15(8-6-13)23-11-14(10-18(23)24)22-19(25)16-9-12-3-1-2-4-17(12)27-20(16)26/h1-9,14H,10-11H2,(H,22,25). The van der Waals surface area contributed by atoms with E-state index < -0.39 is 17.6 Å². The van der Waals surface area contributed by atoms with Crippen molar-refractivity contribution in [1.29, 1.82) is 0 Å². The van der Waals surface area contributed by atoms with Crippen LogP contribution in [0.5, 0.6) is 0 Å². The summed E-state index contributed by atoms with van der Waals surface area (Å²) < 4.78 is 5.19. The van der Waals surface area contributed by atoms with Gasteiger partial charge >= 0.3 is 5.63 Å². The lowest BCUT2D eigenvalue weighted by Gasteiger charge is -2.17. The van der Waals surface area contributed by atoms with Gasteiger partial charge in [0.2, 0.25) is 5.91 Å². The Morgan fingerprint density at radius 3 is 2.63 bits per heavy atom. The normalized spacial score (nSPS) is 16.7. The van der Waals surface area contributed by atoms with Crippen molar-refractivity contribution >= 4 is 40.1 Å². The van der Waals surface area contributed by atoms with E-state index in [2.05, 4.69) is 5.32 Å². The molecule has 4 rings (SSSR count). The van der Waals surface area contributed by atoms with Crippen LogP contribution in [-0.2, 0) is 4.79 Å². The van der Waals surface area contributed by atoms with Crippen molar-refractivity contribution in [3.8, 4) is 0 Å². The highest BCUT2D eigenvalue weighted by Gasteiger charge is 2.32. The minimum atomic E-state index is -0.704. The number of anilines is 1. The first-order chi connectivity index (χ1) is 13.0. The molecule has 2 aromatic carbocycles. The number of carbonyl (C=O) groups excluding carboxylic acids is 2. The molecule has 3 aromatic rings. The minimum Gasteiger partial charge on any atom is -0.422 e. The van der Waals surface area contributed by atoms with Gasteiger partial charge in [0.05, 0.1) is 6.04 Å². The number of hydrogen-bond acceptors (Lipinski definition) is 4. The average molecular weight is 383 g/mol. The number of carbonyl (C=O) groups is 2. The molecule has 1 aliphatic rings. The summed E-state index contributed by atoms with van der Waals surface area (Å²) in [7, 11) is 0. The molecule has 0 radical (unpaired) electrons. The second kappa shape index (κ2) is 6.89. The number of nitrogens with one attached hydrogen (secondary N) is 1. The molecule has 0 aliphatic carbocycles. The smallest absolute Gasteiger partial charge is 0.349 e. The van der Waals surface area contributed by atoms with Crippen LogP contribution >= 0.6 is 11.6 Å². The van der Waals surface area contributed by atoms with Crippen molar-refractivity contribution in [3.63, 3.8) is 0 Å². The lowest BCUT2D eigenvalue weighted by atomic mass is 10.1. The highest BCUT2D eigenvalue weighted by Crippen LogP contribution is 2.23. The molecule has 7 heteroatoms. The molecule has 1 fully saturated rings. The third kappa shape index (κ3) is 3.44. The second-order valence-corrected chi connectivity index (χ2v) is 6.78. The predicted octanol–water partition coefficient (Wildman–Crippen LogP) is 2.98. The number of nitrogens with zero attached hydrogens (tertiary/aromatic N) is 1. The molecule has 0 saturated carbocycles. The first kappa shape index (κ1) is 17.3. The summed E-state index contributed by atoms with van der Waals surface area (Å²) in [5, 5.41) is 4.00. The van der Waals surface area contributed by atoms with Crippen molar-refractivity contribution in [1.82, 2.24) is 5.32 Å². The van der Waals surface area contributed by atoms with Crippen LogP contribution in [-0.4, -0.2) is 24.4 Å². The molecule has 1 atom stereocenters. The Labute approximate surface area is 159 Å². The Hall–Kier alpha value is -3.12. The number of amides is 2. The summed E-state index contributed by atoms with van der Waals surface area (Å²) in [6.45, 7) is 0.325. The summed E-state index contributed by atoms with van der Waals surface area (Å²) in [6.07, 6.45) is 0.160. The fraction of sp³-hybridized carbons (Fsp3) is 0.150. The summed E-state index contributed by atoms with van der Waals surface area (Å²) in [5.41, 5.74) is 0.353. The Kier molecular flexibility index (Phi) is 4.41. The van der Waals surface area contributed by atoms with Crippen LogP contribution in [0.15, 0.2) is 63.8 Å². The molecule has 6 nitrogen and oxygen atoms in total. The Balaban J connectivity index is 1.52. The van der Waals surface area contributed by atoms with Gasteiger partial charge in [-0.15, -0.1) is 0 Å². The van der Waals surface area contributed by atoms with Crippen LogP contribution in [0, 0.1) is 0 Å². The largest absolute Gasteiger partial charge is 0.422 e. The second-order valence-electron chi connectivity index (χ2n) is 6.34. The Morgan fingerprint density at radius 1 is 1.11 bits per heavy atom. The van der Waals surface area contributed by atoms with Gasteiger partial charge < -0.3 is 14.6 Å². The highest BCUT2D eigenvalue weighted by atomic mass is 35.5. The quantitative estimate of drug-likeness (QED) is 0.706. The van der Waals surface area contributed by atoms with Crippen LogP contribution in [0.1, 0.15) is 16.8 Å². The van der Waals surface area contributed by atoms with Gasteiger partial charge in [0.1, 0.15) is 11.1 Å². The summed E-state index contributed by atoms with van der Waals surface area (Å²) >= 11 is 5.88. The maximum atomic E-state index is 12.5. The number of hydrogen-bond donors (Lipinski definition) is 1. The van der Waals surface area contributed by atoms with Crippen LogP contribution in [0.3, 0.4) is 0 Å². The maximum Gasteiger partial charge on any atom is 0.349 e. The first-order valence-electron chi connectivity index (χ1n) is 8.41. The van der Waals surface area contributed by atoms with E-state index in [1.165, 1.54) is 6.07 Å². The number of benzene rings is 2. The first-order valence-corrected chi connectivity index (χ1v) is 8.79. The monoisotopic (exact) mass is 382 g/mol. The molecular formula is C20H15ClN2O4.